The fourth-order valence-corrected chi connectivity index (χ4v) is 3.91. The Morgan fingerprint density at radius 2 is 1.77 bits per heavy atom. The van der Waals surface area contributed by atoms with E-state index in [9.17, 15) is 4.79 Å². The zero-order chi connectivity index (χ0) is 21.2. The highest BCUT2D eigenvalue weighted by atomic mass is 16.1. The number of aryl methyl sites for hydroxylation is 1. The molecule has 1 fully saturated rings. The Morgan fingerprint density at radius 1 is 0.968 bits per heavy atom. The maximum atomic E-state index is 12.3. The molecule has 0 radical (unpaired) electrons. The summed E-state index contributed by atoms with van der Waals surface area (Å²) in [5.74, 6) is 0.931. The van der Waals surface area contributed by atoms with Gasteiger partial charge in [0, 0.05) is 63.8 Å². The average Bonchev–Trinajstić information content (AvgIpc) is 3.20. The third-order valence-corrected chi connectivity index (χ3v) is 5.65. The molecule has 0 N–H and O–H groups in total. The van der Waals surface area contributed by atoms with Crippen LogP contribution in [0.1, 0.15) is 0 Å². The number of rotatable bonds is 5. The minimum atomic E-state index is -0.0867. The number of piperazine rings is 1. The molecule has 5 heterocycles. The van der Waals surface area contributed by atoms with E-state index in [1.54, 1.807) is 40.2 Å². The summed E-state index contributed by atoms with van der Waals surface area (Å²) in [5, 5.41) is 9.81. The summed E-state index contributed by atoms with van der Waals surface area (Å²) in [6.07, 6.45) is 6.87. The van der Waals surface area contributed by atoms with E-state index in [1.165, 1.54) is 0 Å². The zero-order valence-corrected chi connectivity index (χ0v) is 17.3. The van der Waals surface area contributed by atoms with Crippen molar-refractivity contribution in [3.63, 3.8) is 0 Å². The van der Waals surface area contributed by atoms with Crippen LogP contribution in [0.25, 0.3) is 22.3 Å². The molecule has 0 aromatic carbocycles. The van der Waals surface area contributed by atoms with E-state index in [4.69, 9.17) is 0 Å². The monoisotopic (exact) mass is 417 g/mol. The fraction of sp³-hybridized carbons (Fsp3) is 0.333. The van der Waals surface area contributed by atoms with Crippen LogP contribution in [0.4, 0.5) is 5.82 Å². The predicted octanol–water partition coefficient (Wildman–Crippen LogP) is 0.804. The smallest absolute Gasteiger partial charge is 0.266 e. The molecule has 5 rings (SSSR count). The Bertz CT molecular complexity index is 1240. The van der Waals surface area contributed by atoms with Gasteiger partial charge in [0.15, 0.2) is 5.65 Å². The molecule has 1 aliphatic rings. The topological polar surface area (TPSA) is 97.9 Å². The Morgan fingerprint density at radius 3 is 2.58 bits per heavy atom. The van der Waals surface area contributed by atoms with Gasteiger partial charge in [-0.05, 0) is 18.2 Å². The molecule has 0 bridgehead atoms. The van der Waals surface area contributed by atoms with Crippen molar-refractivity contribution in [3.05, 3.63) is 59.5 Å². The van der Waals surface area contributed by atoms with Crippen LogP contribution in [0.5, 0.6) is 0 Å². The van der Waals surface area contributed by atoms with Gasteiger partial charge in [0.25, 0.3) is 5.56 Å². The molecule has 0 aliphatic carbocycles. The zero-order valence-electron chi connectivity index (χ0n) is 17.3. The number of pyridine rings is 1. The van der Waals surface area contributed by atoms with E-state index in [2.05, 4.69) is 34.9 Å². The summed E-state index contributed by atoms with van der Waals surface area (Å²) in [6, 6.07) is 7.12. The Balaban J connectivity index is 1.23. The summed E-state index contributed by atoms with van der Waals surface area (Å²) in [6.45, 7) is 4.83. The second-order valence-electron chi connectivity index (χ2n) is 7.55. The lowest BCUT2D eigenvalue weighted by Gasteiger charge is -2.35. The Labute approximate surface area is 178 Å². The SMILES string of the molecule is Cn1ncc2c(N3CCN(CCn4nc(-c5ccncc5)ccc4=O)CC3)ncnc21. The van der Waals surface area contributed by atoms with Gasteiger partial charge in [-0.25, -0.2) is 14.6 Å². The van der Waals surface area contributed by atoms with Crippen molar-refractivity contribution >= 4 is 16.9 Å². The Kier molecular flexibility index (Phi) is 5.13. The molecule has 158 valence electrons. The highest BCUT2D eigenvalue weighted by Crippen LogP contribution is 2.23. The lowest BCUT2D eigenvalue weighted by Crippen LogP contribution is -2.48. The van der Waals surface area contributed by atoms with Crippen LogP contribution in [0, 0.1) is 0 Å². The molecule has 10 nitrogen and oxygen atoms in total. The second kappa shape index (κ2) is 8.23. The minimum absolute atomic E-state index is 0.0867. The first-order chi connectivity index (χ1) is 15.2. The fourth-order valence-electron chi connectivity index (χ4n) is 3.91. The van der Waals surface area contributed by atoms with Crippen molar-refractivity contribution in [1.29, 1.82) is 0 Å². The first-order valence-corrected chi connectivity index (χ1v) is 10.3. The molecule has 4 aromatic rings. The third-order valence-electron chi connectivity index (χ3n) is 5.65. The predicted molar refractivity (Wildman–Crippen MR) is 117 cm³/mol. The molecule has 1 aliphatic heterocycles. The lowest BCUT2D eigenvalue weighted by atomic mass is 10.2. The number of hydrogen-bond acceptors (Lipinski definition) is 8. The normalized spacial score (nSPS) is 14.9. The molecule has 4 aromatic heterocycles. The van der Waals surface area contributed by atoms with Gasteiger partial charge < -0.3 is 4.90 Å². The maximum Gasteiger partial charge on any atom is 0.266 e. The van der Waals surface area contributed by atoms with Crippen molar-refractivity contribution in [2.45, 2.75) is 6.54 Å². The summed E-state index contributed by atoms with van der Waals surface area (Å²) in [5.41, 5.74) is 2.48. The summed E-state index contributed by atoms with van der Waals surface area (Å²) in [7, 11) is 1.89. The van der Waals surface area contributed by atoms with Crippen LogP contribution in [0.3, 0.4) is 0 Å². The highest BCUT2D eigenvalue weighted by molar-refractivity contribution is 5.86. The number of hydrogen-bond donors (Lipinski definition) is 0. The quantitative estimate of drug-likeness (QED) is 0.470. The molecule has 10 heteroatoms. The van der Waals surface area contributed by atoms with Crippen molar-refractivity contribution in [2.24, 2.45) is 7.05 Å². The van der Waals surface area contributed by atoms with Crippen LogP contribution in [0.2, 0.25) is 0 Å². The van der Waals surface area contributed by atoms with Gasteiger partial charge in [0.1, 0.15) is 12.1 Å². The molecule has 31 heavy (non-hydrogen) atoms. The van der Waals surface area contributed by atoms with Gasteiger partial charge in [-0.3, -0.25) is 19.4 Å². The number of fused-ring (bicyclic) bond motifs is 1. The van der Waals surface area contributed by atoms with Gasteiger partial charge >= 0.3 is 0 Å². The van der Waals surface area contributed by atoms with Crippen LogP contribution in [0.15, 0.2) is 54.0 Å². The van der Waals surface area contributed by atoms with E-state index in [0.29, 0.717) is 6.54 Å². The molecule has 0 saturated carbocycles. The van der Waals surface area contributed by atoms with E-state index in [1.807, 2.05) is 25.4 Å². The molecule has 0 atom stereocenters. The molecule has 1 saturated heterocycles. The van der Waals surface area contributed by atoms with Crippen LogP contribution in [-0.4, -0.2) is 72.1 Å². The highest BCUT2D eigenvalue weighted by Gasteiger charge is 2.21. The number of anilines is 1. The van der Waals surface area contributed by atoms with Gasteiger partial charge in [0.2, 0.25) is 0 Å². The minimum Gasteiger partial charge on any atom is -0.353 e. The largest absolute Gasteiger partial charge is 0.353 e. The summed E-state index contributed by atoms with van der Waals surface area (Å²) in [4.78, 5) is 29.8. The molecule has 0 spiro atoms. The van der Waals surface area contributed by atoms with Crippen molar-refractivity contribution in [1.82, 2.24) is 39.4 Å². The second-order valence-corrected chi connectivity index (χ2v) is 7.55. The summed E-state index contributed by atoms with van der Waals surface area (Å²) < 4.78 is 3.31. The van der Waals surface area contributed by atoms with Crippen LogP contribution in [-0.2, 0) is 13.6 Å². The van der Waals surface area contributed by atoms with Crippen LogP contribution < -0.4 is 10.5 Å². The van der Waals surface area contributed by atoms with Crippen molar-refractivity contribution in [3.8, 4) is 11.3 Å². The number of aromatic nitrogens is 7. The molecular weight excluding hydrogens is 394 g/mol. The van der Waals surface area contributed by atoms with E-state index in [0.717, 1.165) is 60.8 Å². The van der Waals surface area contributed by atoms with E-state index >= 15 is 0 Å². The van der Waals surface area contributed by atoms with Gasteiger partial charge in [-0.1, -0.05) is 0 Å². The van der Waals surface area contributed by atoms with Gasteiger partial charge in [-0.2, -0.15) is 10.2 Å². The standard InChI is InChI=1S/C21H23N9O/c1-27-20-17(14-25-27)21(24-15-23-20)29-11-8-28(9-12-29)10-13-30-19(31)3-2-18(26-30)16-4-6-22-7-5-16/h2-7,14-15H,8-13H2,1H3. The van der Waals surface area contributed by atoms with Gasteiger partial charge in [-0.15, -0.1) is 0 Å². The molecule has 0 amide bonds. The Hall–Kier alpha value is -3.66. The number of nitrogens with zero attached hydrogens (tertiary/aromatic N) is 9. The van der Waals surface area contributed by atoms with E-state index < -0.39 is 0 Å². The van der Waals surface area contributed by atoms with Crippen LogP contribution >= 0.6 is 0 Å². The first-order valence-electron chi connectivity index (χ1n) is 10.3. The average molecular weight is 417 g/mol. The molecular formula is C21H23N9O. The first kappa shape index (κ1) is 19.3. The van der Waals surface area contributed by atoms with Crippen molar-refractivity contribution < 1.29 is 0 Å². The maximum absolute atomic E-state index is 12.3. The van der Waals surface area contributed by atoms with E-state index in [-0.39, 0.29) is 5.56 Å². The van der Waals surface area contributed by atoms with Gasteiger partial charge in [0.05, 0.1) is 23.8 Å². The summed E-state index contributed by atoms with van der Waals surface area (Å²) >= 11 is 0. The molecule has 0 unspecified atom stereocenters. The third kappa shape index (κ3) is 3.89. The van der Waals surface area contributed by atoms with Crippen molar-refractivity contribution in [2.75, 3.05) is 37.6 Å². The lowest BCUT2D eigenvalue weighted by molar-refractivity contribution is 0.242.